The molecule has 4 aliphatic rings. The summed E-state index contributed by atoms with van der Waals surface area (Å²) in [5, 5.41) is 0. The van der Waals surface area contributed by atoms with E-state index >= 15 is 0 Å². The first-order valence-electron chi connectivity index (χ1n) is 20.5. The van der Waals surface area contributed by atoms with Crippen molar-refractivity contribution in [3.63, 3.8) is 0 Å². The van der Waals surface area contributed by atoms with Crippen LogP contribution in [0.4, 0.5) is 17.1 Å². The highest BCUT2D eigenvalue weighted by molar-refractivity contribution is 5.94. The van der Waals surface area contributed by atoms with Crippen LogP contribution in [0.15, 0.2) is 140 Å². The van der Waals surface area contributed by atoms with Crippen molar-refractivity contribution in [2.24, 2.45) is 11.8 Å². The third-order valence-electron chi connectivity index (χ3n) is 13.8. The number of nitrogens with zero attached hydrogens (tertiary/aromatic N) is 1. The molecule has 0 aromatic heterocycles. The smallest absolute Gasteiger partial charge is 0.0465 e. The van der Waals surface area contributed by atoms with Crippen molar-refractivity contribution in [2.45, 2.75) is 88.9 Å². The zero-order valence-electron chi connectivity index (χ0n) is 31.4. The van der Waals surface area contributed by atoms with E-state index in [0.717, 1.165) is 17.8 Å². The SMILES string of the molecule is CC1(C)c2cc(N(c3ccc(C4CC5CCC4C5)cc3)c3cccc(C4CCCCC4)c3)ccc2-c2c(-c3ccc(-c4ccccc4)cc3)cccc21. The van der Waals surface area contributed by atoms with Gasteiger partial charge in [0.15, 0.2) is 0 Å². The van der Waals surface area contributed by atoms with Crippen LogP contribution < -0.4 is 4.90 Å². The van der Waals surface area contributed by atoms with Crippen LogP contribution in [0.3, 0.4) is 0 Å². The summed E-state index contributed by atoms with van der Waals surface area (Å²) in [6.45, 7) is 4.84. The Kier molecular flexibility index (Phi) is 8.16. The highest BCUT2D eigenvalue weighted by Gasteiger charge is 2.40. The summed E-state index contributed by atoms with van der Waals surface area (Å²) in [6, 6.07) is 53.4. The number of benzene rings is 6. The van der Waals surface area contributed by atoms with E-state index in [1.54, 1.807) is 5.56 Å². The van der Waals surface area contributed by atoms with Gasteiger partial charge in [-0.2, -0.15) is 0 Å². The lowest BCUT2D eigenvalue weighted by Crippen LogP contribution is -2.17. The van der Waals surface area contributed by atoms with Crippen LogP contribution in [0.1, 0.15) is 106 Å². The molecule has 10 rings (SSSR count). The van der Waals surface area contributed by atoms with Gasteiger partial charge < -0.3 is 4.90 Å². The summed E-state index contributed by atoms with van der Waals surface area (Å²) in [5.74, 6) is 3.26. The monoisotopic (exact) mass is 689 g/mol. The summed E-state index contributed by atoms with van der Waals surface area (Å²) in [5.41, 5.74) is 17.4. The van der Waals surface area contributed by atoms with Crippen LogP contribution in [0.25, 0.3) is 33.4 Å². The molecule has 2 bridgehead atoms. The minimum absolute atomic E-state index is 0.123. The van der Waals surface area contributed by atoms with Gasteiger partial charge in [0.1, 0.15) is 0 Å². The predicted octanol–water partition coefficient (Wildman–Crippen LogP) is 14.7. The van der Waals surface area contributed by atoms with Crippen molar-refractivity contribution in [3.05, 3.63) is 162 Å². The molecule has 0 spiro atoms. The average molecular weight is 690 g/mol. The molecule has 4 aliphatic carbocycles. The predicted molar refractivity (Wildman–Crippen MR) is 224 cm³/mol. The first-order chi connectivity index (χ1) is 26.0. The molecular formula is C52H51N. The standard InChI is InChI=1S/C52H51N/c1-52(2)49-18-10-17-46(39-23-21-38(22-24-39)36-11-5-3-6-12-36)51(49)47-30-29-45(34-50(47)52)53(44-16-9-15-41(33-44)37-13-7-4-8-14-37)43-27-25-40(26-28-43)48-32-35-19-20-42(48)31-35/h3,5-6,9-12,15-18,21-30,33-35,37,42,48H,4,7-8,13-14,19-20,31-32H2,1-2H3. The fraction of sp³-hybridized carbons (Fsp3) is 0.308. The summed E-state index contributed by atoms with van der Waals surface area (Å²) in [6.07, 6.45) is 12.4. The summed E-state index contributed by atoms with van der Waals surface area (Å²) in [4.78, 5) is 2.54. The van der Waals surface area contributed by atoms with E-state index < -0.39 is 0 Å². The first-order valence-corrected chi connectivity index (χ1v) is 20.5. The minimum atomic E-state index is -0.123. The Morgan fingerprint density at radius 2 is 1.21 bits per heavy atom. The van der Waals surface area contributed by atoms with Crippen molar-refractivity contribution in [3.8, 4) is 33.4 Å². The van der Waals surface area contributed by atoms with Crippen LogP contribution in [0.2, 0.25) is 0 Å². The van der Waals surface area contributed by atoms with Crippen LogP contribution in [-0.2, 0) is 5.41 Å². The number of fused-ring (bicyclic) bond motifs is 5. The second kappa shape index (κ2) is 13.2. The van der Waals surface area contributed by atoms with Crippen molar-refractivity contribution in [1.82, 2.24) is 0 Å². The molecule has 3 unspecified atom stereocenters. The second-order valence-electron chi connectivity index (χ2n) is 17.2. The molecule has 53 heavy (non-hydrogen) atoms. The molecule has 0 heterocycles. The van der Waals surface area contributed by atoms with Gasteiger partial charge in [-0.1, -0.05) is 143 Å². The molecule has 0 amide bonds. The van der Waals surface area contributed by atoms with Crippen LogP contribution >= 0.6 is 0 Å². The number of hydrogen-bond acceptors (Lipinski definition) is 1. The van der Waals surface area contributed by atoms with E-state index in [9.17, 15) is 0 Å². The highest BCUT2D eigenvalue weighted by atomic mass is 15.1. The van der Waals surface area contributed by atoms with Crippen LogP contribution in [-0.4, -0.2) is 0 Å². The molecule has 0 radical (unpaired) electrons. The summed E-state index contributed by atoms with van der Waals surface area (Å²) < 4.78 is 0. The van der Waals surface area contributed by atoms with Gasteiger partial charge in [-0.25, -0.2) is 0 Å². The normalized spacial score (nSPS) is 21.4. The van der Waals surface area contributed by atoms with Gasteiger partial charge in [-0.05, 0) is 148 Å². The highest BCUT2D eigenvalue weighted by Crippen LogP contribution is 2.55. The maximum Gasteiger partial charge on any atom is 0.0465 e. The summed E-state index contributed by atoms with van der Waals surface area (Å²) >= 11 is 0. The van der Waals surface area contributed by atoms with Gasteiger partial charge in [0, 0.05) is 22.5 Å². The largest absolute Gasteiger partial charge is 0.310 e. The quantitative estimate of drug-likeness (QED) is 0.161. The van der Waals surface area contributed by atoms with Gasteiger partial charge in [0.05, 0.1) is 0 Å². The minimum Gasteiger partial charge on any atom is -0.310 e. The maximum absolute atomic E-state index is 2.54. The fourth-order valence-corrected chi connectivity index (χ4v) is 11.0. The lowest BCUT2D eigenvalue weighted by molar-refractivity contribution is 0.420. The lowest BCUT2D eigenvalue weighted by Gasteiger charge is -2.30. The van der Waals surface area contributed by atoms with E-state index in [1.165, 1.54) is 125 Å². The Hall–Kier alpha value is -4.88. The van der Waals surface area contributed by atoms with E-state index in [-0.39, 0.29) is 5.41 Å². The van der Waals surface area contributed by atoms with Crippen molar-refractivity contribution in [1.29, 1.82) is 0 Å². The second-order valence-corrected chi connectivity index (χ2v) is 17.2. The zero-order valence-corrected chi connectivity index (χ0v) is 31.4. The molecule has 0 saturated heterocycles. The molecule has 6 aromatic carbocycles. The van der Waals surface area contributed by atoms with E-state index in [0.29, 0.717) is 5.92 Å². The molecule has 0 N–H and O–H groups in total. The molecular weight excluding hydrogens is 639 g/mol. The molecule has 0 aliphatic heterocycles. The third kappa shape index (κ3) is 5.75. The van der Waals surface area contributed by atoms with Crippen LogP contribution in [0.5, 0.6) is 0 Å². The van der Waals surface area contributed by atoms with Gasteiger partial charge >= 0.3 is 0 Å². The lowest BCUT2D eigenvalue weighted by atomic mass is 9.81. The Morgan fingerprint density at radius 1 is 0.491 bits per heavy atom. The van der Waals surface area contributed by atoms with E-state index in [1.807, 2.05) is 0 Å². The molecule has 264 valence electrons. The molecule has 1 nitrogen and oxygen atoms in total. The maximum atomic E-state index is 2.54. The fourth-order valence-electron chi connectivity index (χ4n) is 11.0. The van der Waals surface area contributed by atoms with Crippen molar-refractivity contribution < 1.29 is 0 Å². The van der Waals surface area contributed by atoms with Gasteiger partial charge in [-0.3, -0.25) is 0 Å². The molecule has 1 heteroatoms. The number of anilines is 3. The van der Waals surface area contributed by atoms with Gasteiger partial charge in [-0.15, -0.1) is 0 Å². The molecule has 6 aromatic rings. The summed E-state index contributed by atoms with van der Waals surface area (Å²) in [7, 11) is 0. The Balaban J connectivity index is 1.05. The zero-order chi connectivity index (χ0) is 35.5. The molecule has 3 saturated carbocycles. The number of rotatable bonds is 7. The average Bonchev–Trinajstić information content (AvgIpc) is 3.92. The van der Waals surface area contributed by atoms with E-state index in [2.05, 4.69) is 158 Å². The topological polar surface area (TPSA) is 3.24 Å². The number of hydrogen-bond donors (Lipinski definition) is 0. The van der Waals surface area contributed by atoms with Gasteiger partial charge in [0.2, 0.25) is 0 Å². The Morgan fingerprint density at radius 3 is 1.96 bits per heavy atom. The Bertz CT molecular complexity index is 2250. The molecule has 3 atom stereocenters. The van der Waals surface area contributed by atoms with Crippen molar-refractivity contribution in [2.75, 3.05) is 4.90 Å². The molecule has 3 fully saturated rings. The van der Waals surface area contributed by atoms with Gasteiger partial charge in [0.25, 0.3) is 0 Å². The Labute approximate surface area is 316 Å². The van der Waals surface area contributed by atoms with Crippen molar-refractivity contribution >= 4 is 17.1 Å². The first kappa shape index (κ1) is 32.7. The van der Waals surface area contributed by atoms with Crippen LogP contribution in [0, 0.1) is 11.8 Å². The third-order valence-corrected chi connectivity index (χ3v) is 13.8. The van der Waals surface area contributed by atoms with E-state index in [4.69, 9.17) is 0 Å².